The van der Waals surface area contributed by atoms with E-state index < -0.39 is 0 Å². The molecule has 1 aromatic heterocycles. The van der Waals surface area contributed by atoms with Gasteiger partial charge in [-0.15, -0.1) is 0 Å². The highest BCUT2D eigenvalue weighted by molar-refractivity contribution is 7.81. The van der Waals surface area contributed by atoms with Crippen LogP contribution in [0.15, 0.2) is 10.9 Å². The van der Waals surface area contributed by atoms with Crippen molar-refractivity contribution in [2.45, 2.75) is 11.7 Å². The van der Waals surface area contributed by atoms with Crippen LogP contribution in [0.1, 0.15) is 6.42 Å². The zero-order chi connectivity index (χ0) is 11.0. The van der Waals surface area contributed by atoms with Crippen molar-refractivity contribution in [3.8, 4) is 0 Å². The van der Waals surface area contributed by atoms with Gasteiger partial charge < -0.3 is 5.73 Å². The van der Waals surface area contributed by atoms with E-state index in [1.807, 2.05) is 0 Å². The van der Waals surface area contributed by atoms with E-state index in [0.717, 1.165) is 0 Å². The van der Waals surface area contributed by atoms with Gasteiger partial charge in [-0.05, 0) is 0 Å². The monoisotopic (exact) mass is 226 g/mol. The number of thiol groups is 1. The Morgan fingerprint density at radius 2 is 2.33 bits per heavy atom. The Bertz CT molecular complexity index is 458. The number of hydrogen-bond acceptors (Lipinski definition) is 5. The molecule has 2 rings (SSSR count). The average molecular weight is 226 g/mol. The van der Waals surface area contributed by atoms with Gasteiger partial charge in [0.05, 0.1) is 0 Å². The molecule has 1 unspecified atom stereocenters. The van der Waals surface area contributed by atoms with Gasteiger partial charge in [-0.3, -0.25) is 19.5 Å². The van der Waals surface area contributed by atoms with Crippen LogP contribution in [-0.4, -0.2) is 27.7 Å². The van der Waals surface area contributed by atoms with Crippen LogP contribution < -0.4 is 16.2 Å². The summed E-state index contributed by atoms with van der Waals surface area (Å²) in [7, 11) is 0. The number of H-pyrrole nitrogens is 1. The fourth-order valence-electron chi connectivity index (χ4n) is 1.48. The molecular weight excluding hydrogens is 216 g/mol. The lowest BCUT2D eigenvalue weighted by molar-refractivity contribution is -0.117. The lowest BCUT2D eigenvalue weighted by Crippen LogP contribution is -2.29. The molecule has 6 nitrogen and oxygen atoms in total. The van der Waals surface area contributed by atoms with Crippen LogP contribution in [0.5, 0.6) is 0 Å². The second-order valence-corrected chi connectivity index (χ2v) is 4.09. The third-order valence-electron chi connectivity index (χ3n) is 2.11. The highest BCUT2D eigenvalue weighted by Crippen LogP contribution is 2.20. The summed E-state index contributed by atoms with van der Waals surface area (Å²) in [4.78, 5) is 30.3. The molecule has 2 heterocycles. The Morgan fingerprint density at radius 3 is 2.87 bits per heavy atom. The first-order valence-corrected chi connectivity index (χ1v) is 4.93. The van der Waals surface area contributed by atoms with Crippen molar-refractivity contribution < 1.29 is 4.79 Å². The fourth-order valence-corrected chi connectivity index (χ4v) is 1.80. The van der Waals surface area contributed by atoms with Crippen molar-refractivity contribution >= 4 is 30.3 Å². The minimum absolute atomic E-state index is 0.0239. The molecule has 0 saturated carbocycles. The van der Waals surface area contributed by atoms with Crippen LogP contribution in [0.2, 0.25) is 0 Å². The van der Waals surface area contributed by atoms with Crippen LogP contribution >= 0.6 is 12.6 Å². The molecule has 1 aliphatic heterocycles. The van der Waals surface area contributed by atoms with E-state index in [0.29, 0.717) is 13.0 Å². The predicted molar refractivity (Wildman–Crippen MR) is 59.0 cm³/mol. The Morgan fingerprint density at radius 1 is 1.60 bits per heavy atom. The van der Waals surface area contributed by atoms with Crippen molar-refractivity contribution in [3.05, 3.63) is 16.4 Å². The molecule has 0 spiro atoms. The third kappa shape index (κ3) is 1.96. The molecule has 1 amide bonds. The first-order valence-electron chi connectivity index (χ1n) is 4.41. The number of nitrogens with one attached hydrogen (secondary N) is 1. The molecule has 1 saturated heterocycles. The SMILES string of the molecule is Nc1cc(=O)[nH]c(N2CC(S)CC2=O)n1. The number of aromatic nitrogens is 2. The van der Waals surface area contributed by atoms with E-state index in [1.54, 1.807) is 0 Å². The van der Waals surface area contributed by atoms with Gasteiger partial charge in [0.1, 0.15) is 5.82 Å². The Balaban J connectivity index is 2.37. The number of aromatic amines is 1. The Labute approximate surface area is 90.9 Å². The molecule has 1 atom stereocenters. The highest BCUT2D eigenvalue weighted by atomic mass is 32.1. The van der Waals surface area contributed by atoms with Crippen LogP contribution in [0.3, 0.4) is 0 Å². The molecule has 7 heteroatoms. The largest absolute Gasteiger partial charge is 0.383 e. The van der Waals surface area contributed by atoms with Crippen molar-refractivity contribution in [2.24, 2.45) is 0 Å². The minimum Gasteiger partial charge on any atom is -0.383 e. The smallest absolute Gasteiger partial charge is 0.254 e. The van der Waals surface area contributed by atoms with Crippen molar-refractivity contribution in [1.82, 2.24) is 9.97 Å². The molecule has 15 heavy (non-hydrogen) atoms. The number of carbonyl (C=O) groups is 1. The van der Waals surface area contributed by atoms with Crippen LogP contribution in [-0.2, 0) is 4.79 Å². The van der Waals surface area contributed by atoms with E-state index in [1.165, 1.54) is 11.0 Å². The van der Waals surface area contributed by atoms with Gasteiger partial charge in [-0.2, -0.15) is 17.6 Å². The predicted octanol–water partition coefficient (Wildman–Crippen LogP) is -0.613. The summed E-state index contributed by atoms with van der Waals surface area (Å²) in [6, 6.07) is 1.17. The summed E-state index contributed by atoms with van der Waals surface area (Å²) in [6.45, 7) is 0.439. The number of hydrogen-bond donors (Lipinski definition) is 3. The highest BCUT2D eigenvalue weighted by Gasteiger charge is 2.29. The quantitative estimate of drug-likeness (QED) is 0.557. The molecule has 0 aromatic carbocycles. The summed E-state index contributed by atoms with van der Waals surface area (Å²) in [5.74, 6) is 0.189. The fraction of sp³-hybridized carbons (Fsp3) is 0.375. The van der Waals surface area contributed by atoms with E-state index in [4.69, 9.17) is 5.73 Å². The second kappa shape index (κ2) is 3.58. The van der Waals surface area contributed by atoms with Crippen LogP contribution in [0.25, 0.3) is 0 Å². The maximum absolute atomic E-state index is 11.5. The number of rotatable bonds is 1. The molecular formula is C8H10N4O2S. The number of nitrogens with two attached hydrogens (primary N) is 1. The molecule has 0 bridgehead atoms. The molecule has 1 aromatic rings. The summed E-state index contributed by atoms with van der Waals surface area (Å²) < 4.78 is 0. The van der Waals surface area contributed by atoms with E-state index in [9.17, 15) is 9.59 Å². The number of anilines is 2. The van der Waals surface area contributed by atoms with Crippen molar-refractivity contribution in [2.75, 3.05) is 17.2 Å². The molecule has 3 N–H and O–H groups in total. The van der Waals surface area contributed by atoms with Crippen molar-refractivity contribution in [3.63, 3.8) is 0 Å². The van der Waals surface area contributed by atoms with Gasteiger partial charge in [-0.25, -0.2) is 0 Å². The van der Waals surface area contributed by atoms with Gasteiger partial charge in [0.15, 0.2) is 0 Å². The normalized spacial score (nSPS) is 21.0. The number of nitrogen functional groups attached to an aromatic ring is 1. The zero-order valence-electron chi connectivity index (χ0n) is 7.80. The van der Waals surface area contributed by atoms with Gasteiger partial charge in [-0.1, -0.05) is 0 Å². The van der Waals surface area contributed by atoms with Crippen LogP contribution in [0, 0.1) is 0 Å². The van der Waals surface area contributed by atoms with E-state index >= 15 is 0 Å². The maximum Gasteiger partial charge on any atom is 0.254 e. The van der Waals surface area contributed by atoms with Gasteiger partial charge in [0.2, 0.25) is 11.9 Å². The summed E-state index contributed by atoms with van der Waals surface area (Å²) >= 11 is 4.20. The summed E-state index contributed by atoms with van der Waals surface area (Å²) in [5, 5.41) is -0.0239. The minimum atomic E-state index is -0.368. The molecule has 1 aliphatic rings. The summed E-state index contributed by atoms with van der Waals surface area (Å²) in [6.07, 6.45) is 0.349. The van der Waals surface area contributed by atoms with Gasteiger partial charge >= 0.3 is 0 Å². The standard InChI is InChI=1S/C8H10N4O2S/c9-5-2-6(13)11-8(10-5)12-3-4(15)1-7(12)14/h2,4,15H,1,3H2,(H3,9,10,11,13). The molecule has 0 aliphatic carbocycles. The average Bonchev–Trinajstić information content (AvgIpc) is 2.43. The first-order chi connectivity index (χ1) is 7.06. The number of amides is 1. The Hall–Kier alpha value is -1.50. The van der Waals surface area contributed by atoms with Crippen LogP contribution in [0.4, 0.5) is 11.8 Å². The third-order valence-corrected chi connectivity index (χ3v) is 2.46. The van der Waals surface area contributed by atoms with E-state index in [2.05, 4.69) is 22.6 Å². The lowest BCUT2D eigenvalue weighted by atomic mass is 10.4. The maximum atomic E-state index is 11.5. The second-order valence-electron chi connectivity index (χ2n) is 3.36. The topological polar surface area (TPSA) is 92.1 Å². The Kier molecular flexibility index (Phi) is 2.39. The van der Waals surface area contributed by atoms with Gasteiger partial charge in [0.25, 0.3) is 5.56 Å². The van der Waals surface area contributed by atoms with Gasteiger partial charge in [0, 0.05) is 24.3 Å². The first kappa shape index (κ1) is 10.0. The van der Waals surface area contributed by atoms with E-state index in [-0.39, 0.29) is 28.5 Å². The molecule has 1 fully saturated rings. The lowest BCUT2D eigenvalue weighted by Gasteiger charge is -2.13. The van der Waals surface area contributed by atoms with Crippen molar-refractivity contribution in [1.29, 1.82) is 0 Å². The summed E-state index contributed by atoms with van der Waals surface area (Å²) in [5.41, 5.74) is 5.05. The molecule has 80 valence electrons. The number of carbonyl (C=O) groups excluding carboxylic acids is 1. The zero-order valence-corrected chi connectivity index (χ0v) is 8.70. The molecule has 0 radical (unpaired) electrons. The number of nitrogens with zero attached hydrogens (tertiary/aromatic N) is 2.